The van der Waals surface area contributed by atoms with Crippen LogP contribution in [-0.2, 0) is 16.6 Å². The van der Waals surface area contributed by atoms with E-state index in [4.69, 9.17) is 4.74 Å². The predicted molar refractivity (Wildman–Crippen MR) is 94.1 cm³/mol. The van der Waals surface area contributed by atoms with Crippen molar-refractivity contribution >= 4 is 15.7 Å². The van der Waals surface area contributed by atoms with Crippen LogP contribution in [0.4, 0.5) is 5.69 Å². The number of sulfonamides is 1. The Labute approximate surface area is 147 Å². The molecule has 25 heavy (non-hydrogen) atoms. The summed E-state index contributed by atoms with van der Waals surface area (Å²) in [4.78, 5) is 10.3. The van der Waals surface area contributed by atoms with E-state index in [0.717, 1.165) is 15.9 Å². The third kappa shape index (κ3) is 4.15. The quantitative estimate of drug-likeness (QED) is 0.556. The first-order chi connectivity index (χ1) is 11.8. The Morgan fingerprint density at radius 2 is 1.88 bits per heavy atom. The fourth-order valence-corrected chi connectivity index (χ4v) is 3.79. The van der Waals surface area contributed by atoms with E-state index in [-0.39, 0.29) is 17.1 Å². The van der Waals surface area contributed by atoms with Gasteiger partial charge in [-0.3, -0.25) is 10.1 Å². The van der Waals surface area contributed by atoms with E-state index in [0.29, 0.717) is 17.9 Å². The molecule has 0 heterocycles. The van der Waals surface area contributed by atoms with Gasteiger partial charge in [0.25, 0.3) is 5.69 Å². The maximum Gasteiger partial charge on any atom is 0.270 e. The number of hydrogen-bond acceptors (Lipinski definition) is 5. The minimum Gasteiger partial charge on any atom is -0.494 e. The lowest BCUT2D eigenvalue weighted by molar-refractivity contribution is -0.385. The largest absolute Gasteiger partial charge is 0.494 e. The maximum atomic E-state index is 12.9. The molecule has 0 N–H and O–H groups in total. The third-order valence-corrected chi connectivity index (χ3v) is 5.68. The summed E-state index contributed by atoms with van der Waals surface area (Å²) in [7, 11) is -2.44. The average Bonchev–Trinajstić information content (AvgIpc) is 2.56. The summed E-state index contributed by atoms with van der Waals surface area (Å²) in [5.41, 5.74) is 0.918. The Morgan fingerprint density at radius 3 is 2.52 bits per heavy atom. The topological polar surface area (TPSA) is 89.8 Å². The second kappa shape index (κ2) is 7.62. The van der Waals surface area contributed by atoms with E-state index in [2.05, 4.69) is 0 Å². The van der Waals surface area contributed by atoms with Gasteiger partial charge in [-0.05, 0) is 25.5 Å². The molecule has 0 fully saturated rings. The molecular weight excluding hydrogens is 344 g/mol. The van der Waals surface area contributed by atoms with Gasteiger partial charge in [0, 0.05) is 31.3 Å². The highest BCUT2D eigenvalue weighted by Gasteiger charge is 2.26. The molecule has 0 radical (unpaired) electrons. The van der Waals surface area contributed by atoms with Crippen LogP contribution in [0.3, 0.4) is 0 Å². The summed E-state index contributed by atoms with van der Waals surface area (Å²) >= 11 is 0. The maximum absolute atomic E-state index is 12.9. The second-order valence-electron chi connectivity index (χ2n) is 5.51. The number of rotatable bonds is 7. The fraction of sp³-hybridized carbons (Fsp3) is 0.294. The summed E-state index contributed by atoms with van der Waals surface area (Å²) in [6, 6.07) is 11.0. The van der Waals surface area contributed by atoms with Crippen LogP contribution in [0.5, 0.6) is 5.75 Å². The standard InChI is InChI=1S/C17H20N2O5S/c1-4-24-16-8-6-5-7-14(16)12-18(3)25(22,23)17-11-15(19(20)21)10-9-13(17)2/h5-11H,4,12H2,1-3H3. The van der Waals surface area contributed by atoms with Crippen LogP contribution >= 0.6 is 0 Å². The highest BCUT2D eigenvalue weighted by molar-refractivity contribution is 7.89. The highest BCUT2D eigenvalue weighted by atomic mass is 32.2. The van der Waals surface area contributed by atoms with Crippen LogP contribution in [0.2, 0.25) is 0 Å². The number of nitrogens with zero attached hydrogens (tertiary/aromatic N) is 2. The van der Waals surface area contributed by atoms with Crippen molar-refractivity contribution in [2.45, 2.75) is 25.3 Å². The predicted octanol–water partition coefficient (Wildman–Crippen LogP) is 3.12. The Kier molecular flexibility index (Phi) is 5.76. The van der Waals surface area contributed by atoms with E-state index in [1.807, 2.05) is 13.0 Å². The van der Waals surface area contributed by atoms with Crippen LogP contribution in [0, 0.1) is 17.0 Å². The van der Waals surface area contributed by atoms with E-state index >= 15 is 0 Å². The van der Waals surface area contributed by atoms with E-state index < -0.39 is 14.9 Å². The van der Waals surface area contributed by atoms with E-state index in [9.17, 15) is 18.5 Å². The molecule has 0 aliphatic rings. The molecule has 0 aromatic heterocycles. The highest BCUT2D eigenvalue weighted by Crippen LogP contribution is 2.27. The number of non-ortho nitro benzene ring substituents is 1. The minimum absolute atomic E-state index is 0.0712. The molecular formula is C17H20N2O5S. The van der Waals surface area contributed by atoms with Gasteiger partial charge in [-0.2, -0.15) is 4.31 Å². The van der Waals surface area contributed by atoms with Gasteiger partial charge in [0.05, 0.1) is 16.4 Å². The zero-order valence-corrected chi connectivity index (χ0v) is 15.1. The Bertz CT molecular complexity index is 880. The van der Waals surface area contributed by atoms with Crippen LogP contribution in [-0.4, -0.2) is 31.3 Å². The van der Waals surface area contributed by atoms with Gasteiger partial charge in [0.2, 0.25) is 10.0 Å². The first-order valence-electron chi connectivity index (χ1n) is 7.69. The van der Waals surface area contributed by atoms with Crippen LogP contribution < -0.4 is 4.74 Å². The van der Waals surface area contributed by atoms with Crippen molar-refractivity contribution in [3.63, 3.8) is 0 Å². The molecule has 0 atom stereocenters. The van der Waals surface area contributed by atoms with Crippen molar-refractivity contribution in [3.05, 3.63) is 63.7 Å². The molecule has 0 bridgehead atoms. The van der Waals surface area contributed by atoms with Gasteiger partial charge in [-0.15, -0.1) is 0 Å². The smallest absolute Gasteiger partial charge is 0.270 e. The minimum atomic E-state index is -3.88. The summed E-state index contributed by atoms with van der Waals surface area (Å²) in [5, 5.41) is 10.9. The first-order valence-corrected chi connectivity index (χ1v) is 9.13. The second-order valence-corrected chi connectivity index (χ2v) is 7.52. The zero-order valence-electron chi connectivity index (χ0n) is 14.3. The van der Waals surface area contributed by atoms with Crippen molar-refractivity contribution in [1.29, 1.82) is 0 Å². The molecule has 2 aromatic rings. The van der Waals surface area contributed by atoms with Gasteiger partial charge >= 0.3 is 0 Å². The van der Waals surface area contributed by atoms with Crippen molar-refractivity contribution in [2.75, 3.05) is 13.7 Å². The third-order valence-electron chi connectivity index (χ3n) is 3.74. The summed E-state index contributed by atoms with van der Waals surface area (Å²) < 4.78 is 32.4. The van der Waals surface area contributed by atoms with E-state index in [1.165, 1.54) is 19.2 Å². The monoisotopic (exact) mass is 364 g/mol. The van der Waals surface area contributed by atoms with Crippen LogP contribution in [0.15, 0.2) is 47.4 Å². The van der Waals surface area contributed by atoms with Gasteiger partial charge in [-0.25, -0.2) is 8.42 Å². The van der Waals surface area contributed by atoms with E-state index in [1.54, 1.807) is 25.1 Å². The van der Waals surface area contributed by atoms with Crippen LogP contribution in [0.1, 0.15) is 18.1 Å². The SMILES string of the molecule is CCOc1ccccc1CN(C)S(=O)(=O)c1cc([N+](=O)[O-])ccc1C. The Balaban J connectivity index is 2.37. The molecule has 7 nitrogen and oxygen atoms in total. The molecule has 8 heteroatoms. The number of benzene rings is 2. The Hall–Kier alpha value is -2.45. The average molecular weight is 364 g/mol. The number of hydrogen-bond donors (Lipinski definition) is 0. The van der Waals surface area contributed by atoms with Crippen molar-refractivity contribution in [2.24, 2.45) is 0 Å². The lowest BCUT2D eigenvalue weighted by Crippen LogP contribution is -2.27. The number of ether oxygens (including phenoxy) is 1. The van der Waals surface area contributed by atoms with Crippen LogP contribution in [0.25, 0.3) is 0 Å². The van der Waals surface area contributed by atoms with Gasteiger partial charge in [0.15, 0.2) is 0 Å². The molecule has 0 aliphatic heterocycles. The summed E-state index contributed by atoms with van der Waals surface area (Å²) in [6.07, 6.45) is 0. The number of nitro benzene ring substituents is 1. The first kappa shape index (κ1) is 18.9. The summed E-state index contributed by atoms with van der Waals surface area (Å²) in [5.74, 6) is 0.614. The van der Waals surface area contributed by atoms with Gasteiger partial charge < -0.3 is 4.74 Å². The molecule has 0 saturated heterocycles. The molecule has 2 rings (SSSR count). The summed E-state index contributed by atoms with van der Waals surface area (Å²) in [6.45, 7) is 4.03. The van der Waals surface area contributed by atoms with Crippen molar-refractivity contribution in [3.8, 4) is 5.75 Å². The molecule has 0 spiro atoms. The molecule has 134 valence electrons. The fourth-order valence-electron chi connectivity index (χ4n) is 2.40. The zero-order chi connectivity index (χ0) is 18.6. The van der Waals surface area contributed by atoms with Gasteiger partial charge in [-0.1, -0.05) is 24.3 Å². The lowest BCUT2D eigenvalue weighted by atomic mass is 10.2. The number of para-hydroxylation sites is 1. The lowest BCUT2D eigenvalue weighted by Gasteiger charge is -2.20. The number of nitro groups is 1. The molecule has 0 aliphatic carbocycles. The van der Waals surface area contributed by atoms with Crippen molar-refractivity contribution in [1.82, 2.24) is 4.31 Å². The molecule has 0 unspecified atom stereocenters. The van der Waals surface area contributed by atoms with Gasteiger partial charge in [0.1, 0.15) is 5.75 Å². The Morgan fingerprint density at radius 1 is 1.20 bits per heavy atom. The molecule has 0 saturated carbocycles. The molecule has 2 aromatic carbocycles. The number of aryl methyl sites for hydroxylation is 1. The normalized spacial score (nSPS) is 11.5. The molecule has 0 amide bonds. The van der Waals surface area contributed by atoms with Crippen molar-refractivity contribution < 1.29 is 18.1 Å².